The van der Waals surface area contributed by atoms with Crippen LogP contribution in [0.25, 0.3) is 22.7 Å². The highest BCUT2D eigenvalue weighted by atomic mass is 32.2. The number of aromatic nitrogens is 5. The fraction of sp³-hybridized carbons (Fsp3) is 0.143. The van der Waals surface area contributed by atoms with Crippen LogP contribution in [0.5, 0.6) is 0 Å². The number of aryl methyl sites for hydroxylation is 3. The SMILES string of the molecule is CCn1cc(C(=O)/C=C/c2c(C)nn(-c3ccccc3)c2Sc2cccc3cccnc23)c(C)n1. The highest BCUT2D eigenvalue weighted by molar-refractivity contribution is 7.99. The minimum atomic E-state index is -0.0724. The topological polar surface area (TPSA) is 65.6 Å². The Bertz CT molecular complexity index is 1540. The van der Waals surface area contributed by atoms with Crippen LogP contribution in [0.2, 0.25) is 0 Å². The van der Waals surface area contributed by atoms with E-state index >= 15 is 0 Å². The average Bonchev–Trinajstić information content (AvgIpc) is 3.42. The van der Waals surface area contributed by atoms with Gasteiger partial charge in [-0.1, -0.05) is 48.2 Å². The normalized spacial score (nSPS) is 11.5. The van der Waals surface area contributed by atoms with Gasteiger partial charge in [0.2, 0.25) is 0 Å². The summed E-state index contributed by atoms with van der Waals surface area (Å²) in [6.45, 7) is 6.56. The molecule has 0 aliphatic carbocycles. The maximum Gasteiger partial charge on any atom is 0.189 e. The first-order valence-electron chi connectivity index (χ1n) is 11.5. The predicted octanol–water partition coefficient (Wildman–Crippen LogP) is 6.30. The van der Waals surface area contributed by atoms with Crippen LogP contribution in [-0.4, -0.2) is 30.3 Å². The lowest BCUT2D eigenvalue weighted by Crippen LogP contribution is -1.98. The van der Waals surface area contributed by atoms with Crippen LogP contribution >= 0.6 is 11.8 Å². The maximum absolute atomic E-state index is 13.0. The van der Waals surface area contributed by atoms with E-state index in [0.717, 1.165) is 50.0 Å². The van der Waals surface area contributed by atoms with Crippen LogP contribution in [0.4, 0.5) is 0 Å². The van der Waals surface area contributed by atoms with Crippen molar-refractivity contribution in [2.75, 3.05) is 0 Å². The van der Waals surface area contributed by atoms with Crippen molar-refractivity contribution in [1.29, 1.82) is 0 Å². The summed E-state index contributed by atoms with van der Waals surface area (Å²) in [6, 6.07) is 20.2. The molecule has 7 heteroatoms. The lowest BCUT2D eigenvalue weighted by Gasteiger charge is -2.10. The largest absolute Gasteiger partial charge is 0.289 e. The van der Waals surface area contributed by atoms with Gasteiger partial charge in [-0.15, -0.1) is 0 Å². The van der Waals surface area contributed by atoms with Gasteiger partial charge in [0.05, 0.1) is 28.2 Å². The molecule has 2 aromatic carbocycles. The number of pyridine rings is 1. The van der Waals surface area contributed by atoms with Gasteiger partial charge in [-0.25, -0.2) is 4.68 Å². The van der Waals surface area contributed by atoms with Crippen LogP contribution in [0, 0.1) is 13.8 Å². The molecule has 0 bridgehead atoms. The summed E-state index contributed by atoms with van der Waals surface area (Å²) in [7, 11) is 0. The number of benzene rings is 2. The number of nitrogens with zero attached hydrogens (tertiary/aromatic N) is 5. The smallest absolute Gasteiger partial charge is 0.189 e. The molecule has 35 heavy (non-hydrogen) atoms. The van der Waals surface area contributed by atoms with Gasteiger partial charge in [0, 0.05) is 34.8 Å². The first-order chi connectivity index (χ1) is 17.0. The zero-order valence-electron chi connectivity index (χ0n) is 19.8. The lowest BCUT2D eigenvalue weighted by molar-refractivity contribution is 0.104. The quantitative estimate of drug-likeness (QED) is 0.202. The summed E-state index contributed by atoms with van der Waals surface area (Å²) in [6.07, 6.45) is 7.10. The molecular formula is C28H25N5OS. The predicted molar refractivity (Wildman–Crippen MR) is 140 cm³/mol. The number of rotatable bonds is 7. The van der Waals surface area contributed by atoms with Crippen LogP contribution in [-0.2, 0) is 6.54 Å². The molecule has 0 fully saturated rings. The van der Waals surface area contributed by atoms with E-state index in [1.807, 2.05) is 80.2 Å². The molecule has 0 aliphatic rings. The van der Waals surface area contributed by atoms with Gasteiger partial charge in [0.25, 0.3) is 0 Å². The highest BCUT2D eigenvalue weighted by Crippen LogP contribution is 2.37. The van der Waals surface area contributed by atoms with Crippen molar-refractivity contribution in [2.24, 2.45) is 0 Å². The van der Waals surface area contributed by atoms with Gasteiger partial charge in [-0.05, 0) is 57.2 Å². The Morgan fingerprint density at radius 2 is 1.77 bits per heavy atom. The van der Waals surface area contributed by atoms with Crippen molar-refractivity contribution >= 4 is 34.5 Å². The summed E-state index contributed by atoms with van der Waals surface area (Å²) in [5.74, 6) is -0.0724. The summed E-state index contributed by atoms with van der Waals surface area (Å²) < 4.78 is 3.72. The van der Waals surface area contributed by atoms with E-state index in [4.69, 9.17) is 5.10 Å². The van der Waals surface area contributed by atoms with Gasteiger partial charge in [-0.2, -0.15) is 10.2 Å². The third kappa shape index (κ3) is 4.55. The number of fused-ring (bicyclic) bond motifs is 1. The van der Waals surface area contributed by atoms with Crippen molar-refractivity contribution in [1.82, 2.24) is 24.5 Å². The number of ketones is 1. The summed E-state index contributed by atoms with van der Waals surface area (Å²) in [5, 5.41) is 11.2. The number of allylic oxidation sites excluding steroid dienone is 1. The molecule has 0 N–H and O–H groups in total. The van der Waals surface area contributed by atoms with Crippen molar-refractivity contribution in [2.45, 2.75) is 37.2 Å². The number of carbonyl (C=O) groups excluding carboxylic acids is 1. The zero-order valence-corrected chi connectivity index (χ0v) is 20.7. The van der Waals surface area contributed by atoms with Crippen LogP contribution < -0.4 is 0 Å². The van der Waals surface area contributed by atoms with Gasteiger partial charge in [-0.3, -0.25) is 14.5 Å². The number of hydrogen-bond acceptors (Lipinski definition) is 5. The summed E-state index contributed by atoms with van der Waals surface area (Å²) in [5.41, 5.74) is 4.98. The average molecular weight is 480 g/mol. The first kappa shape index (κ1) is 22.8. The van der Waals surface area contributed by atoms with E-state index < -0.39 is 0 Å². The Morgan fingerprint density at radius 1 is 0.971 bits per heavy atom. The molecular weight excluding hydrogens is 454 g/mol. The second-order valence-electron chi connectivity index (χ2n) is 8.17. The molecule has 5 rings (SSSR count). The fourth-order valence-corrected chi connectivity index (χ4v) is 5.17. The van der Waals surface area contributed by atoms with Crippen molar-refractivity contribution < 1.29 is 4.79 Å². The molecule has 0 saturated heterocycles. The lowest BCUT2D eigenvalue weighted by atomic mass is 10.1. The molecule has 0 spiro atoms. The Kier molecular flexibility index (Phi) is 6.33. The van der Waals surface area contributed by atoms with E-state index in [9.17, 15) is 4.79 Å². The van der Waals surface area contributed by atoms with Gasteiger partial charge >= 0.3 is 0 Å². The molecule has 5 aromatic rings. The van der Waals surface area contributed by atoms with E-state index in [2.05, 4.69) is 28.3 Å². The van der Waals surface area contributed by atoms with E-state index in [1.54, 1.807) is 28.7 Å². The molecule has 0 radical (unpaired) electrons. The number of hydrogen-bond donors (Lipinski definition) is 0. The second kappa shape index (κ2) is 9.72. The van der Waals surface area contributed by atoms with Crippen LogP contribution in [0.3, 0.4) is 0 Å². The summed E-state index contributed by atoms with van der Waals surface area (Å²) in [4.78, 5) is 18.7. The zero-order chi connectivity index (χ0) is 24.4. The Hall–Kier alpha value is -3.97. The molecule has 3 aromatic heterocycles. The molecule has 0 unspecified atom stereocenters. The minimum absolute atomic E-state index is 0.0724. The van der Waals surface area contributed by atoms with Crippen LogP contribution in [0.15, 0.2) is 89.1 Å². The van der Waals surface area contributed by atoms with Crippen molar-refractivity contribution in [3.63, 3.8) is 0 Å². The van der Waals surface area contributed by atoms with Gasteiger partial charge in [0.15, 0.2) is 5.78 Å². The standard InChI is InChI=1S/C28H25N5OS/c1-4-32-18-24(20(3)30-32)25(34)16-15-23-19(2)31-33(22-12-6-5-7-13-22)28(23)35-26-14-8-10-21-11-9-17-29-27(21)26/h5-18H,4H2,1-3H3/b16-15+. The van der Waals surface area contributed by atoms with E-state index in [-0.39, 0.29) is 5.78 Å². The van der Waals surface area contributed by atoms with Gasteiger partial charge < -0.3 is 0 Å². The second-order valence-corrected chi connectivity index (χ2v) is 9.20. The van der Waals surface area contributed by atoms with E-state index in [1.165, 1.54) is 0 Å². The molecule has 0 aliphatic heterocycles. The Labute approximate surface area is 208 Å². The van der Waals surface area contributed by atoms with Crippen LogP contribution in [0.1, 0.15) is 34.2 Å². The number of para-hydroxylation sites is 2. The highest BCUT2D eigenvalue weighted by Gasteiger charge is 2.18. The maximum atomic E-state index is 13.0. The molecule has 3 heterocycles. The van der Waals surface area contributed by atoms with Crippen molar-refractivity contribution in [3.05, 3.63) is 102 Å². The third-order valence-electron chi connectivity index (χ3n) is 5.80. The van der Waals surface area contributed by atoms with Crippen molar-refractivity contribution in [3.8, 4) is 5.69 Å². The molecule has 0 atom stereocenters. The molecule has 174 valence electrons. The monoisotopic (exact) mass is 479 g/mol. The molecule has 0 saturated carbocycles. The van der Waals surface area contributed by atoms with Gasteiger partial charge in [0.1, 0.15) is 5.03 Å². The number of carbonyl (C=O) groups is 1. The Morgan fingerprint density at radius 3 is 2.54 bits per heavy atom. The summed E-state index contributed by atoms with van der Waals surface area (Å²) >= 11 is 1.60. The third-order valence-corrected chi connectivity index (χ3v) is 6.94. The molecule has 6 nitrogen and oxygen atoms in total. The molecule has 0 amide bonds. The van der Waals surface area contributed by atoms with E-state index in [0.29, 0.717) is 5.56 Å². The minimum Gasteiger partial charge on any atom is -0.289 e. The first-order valence-corrected chi connectivity index (χ1v) is 12.3. The fourth-order valence-electron chi connectivity index (χ4n) is 3.99. The Balaban J connectivity index is 1.59.